The number of ether oxygens (including phenoxy) is 2. The molecule has 2 aromatic rings. The smallest absolute Gasteiger partial charge is 0.341 e. The second-order valence-corrected chi connectivity index (χ2v) is 4.54. The van der Waals surface area contributed by atoms with Crippen LogP contribution in [0, 0.1) is 0 Å². The molecule has 88 valence electrons. The van der Waals surface area contributed by atoms with Crippen LogP contribution in [0.15, 0.2) is 6.07 Å². The van der Waals surface area contributed by atoms with Crippen LogP contribution in [0.25, 0.3) is 10.2 Å². The molecule has 0 amide bonds. The highest BCUT2D eigenvalue weighted by atomic mass is 32.1. The van der Waals surface area contributed by atoms with Gasteiger partial charge in [-0.1, -0.05) is 11.3 Å². The van der Waals surface area contributed by atoms with E-state index in [0.717, 1.165) is 15.7 Å². The van der Waals surface area contributed by atoms with Crippen LogP contribution >= 0.6 is 11.3 Å². The van der Waals surface area contributed by atoms with Crippen molar-refractivity contribution in [1.29, 1.82) is 0 Å². The third-order valence-electron chi connectivity index (χ3n) is 2.50. The molecule has 0 spiro atoms. The van der Waals surface area contributed by atoms with Crippen molar-refractivity contribution in [1.82, 2.24) is 4.98 Å². The zero-order valence-corrected chi connectivity index (χ0v) is 10.6. The van der Waals surface area contributed by atoms with Crippen molar-refractivity contribution in [3.05, 3.63) is 11.6 Å². The van der Waals surface area contributed by atoms with E-state index < -0.39 is 5.97 Å². The molecule has 2 rings (SSSR count). The summed E-state index contributed by atoms with van der Waals surface area (Å²) in [5, 5.41) is 0.465. The van der Waals surface area contributed by atoms with Crippen LogP contribution < -0.4 is 15.9 Å². The van der Waals surface area contributed by atoms with Crippen molar-refractivity contribution in [2.75, 3.05) is 20.0 Å². The van der Waals surface area contributed by atoms with Crippen LogP contribution in [0.3, 0.4) is 0 Å². The lowest BCUT2D eigenvalue weighted by atomic mass is 9.91. The largest absolute Gasteiger partial charge is 0.496 e. The summed E-state index contributed by atoms with van der Waals surface area (Å²) in [5.74, 6) is 0.0495. The lowest BCUT2D eigenvalue weighted by Crippen LogP contribution is -2.15. The average Bonchev–Trinajstić information content (AvgIpc) is 2.69. The van der Waals surface area contributed by atoms with Gasteiger partial charge in [-0.25, -0.2) is 9.78 Å². The number of esters is 1. The monoisotopic (exact) mass is 250 g/mol. The van der Waals surface area contributed by atoms with E-state index in [0.29, 0.717) is 16.4 Å². The molecule has 0 saturated carbocycles. The van der Waals surface area contributed by atoms with E-state index in [-0.39, 0.29) is 0 Å². The lowest BCUT2D eigenvalue weighted by molar-refractivity contribution is 0.0597. The molecule has 5 nitrogen and oxygen atoms in total. The number of carbonyl (C=O) groups is 1. The molecular weight excluding hydrogens is 239 g/mol. The zero-order valence-electron chi connectivity index (χ0n) is 9.73. The first-order valence-electron chi connectivity index (χ1n) is 4.90. The standard InChI is InChI=1S/C10H11BN2O3S/c1-15-8-4(9(14)16-2)3-5-7(6(8)11)13-10(12)17-5/h3H,11H2,1-2H3,(H2,12,13). The number of hydrogen-bond acceptors (Lipinski definition) is 6. The number of aromatic nitrogens is 1. The molecule has 17 heavy (non-hydrogen) atoms. The normalized spacial score (nSPS) is 10.5. The molecule has 0 radical (unpaired) electrons. The zero-order chi connectivity index (χ0) is 12.6. The first kappa shape index (κ1) is 11.7. The number of anilines is 1. The van der Waals surface area contributed by atoms with Crippen LogP contribution in [0.1, 0.15) is 10.4 Å². The number of carbonyl (C=O) groups excluding carboxylic acids is 1. The van der Waals surface area contributed by atoms with Gasteiger partial charge in [0.15, 0.2) is 5.13 Å². The van der Waals surface area contributed by atoms with E-state index in [2.05, 4.69) is 4.98 Å². The van der Waals surface area contributed by atoms with E-state index >= 15 is 0 Å². The Labute approximate surface area is 103 Å². The van der Waals surface area contributed by atoms with Gasteiger partial charge in [0.25, 0.3) is 0 Å². The summed E-state index contributed by atoms with van der Waals surface area (Å²) in [6.07, 6.45) is 0. The number of rotatable bonds is 2. The van der Waals surface area contributed by atoms with Crippen LogP contribution in [0.4, 0.5) is 5.13 Å². The van der Waals surface area contributed by atoms with Crippen molar-refractivity contribution in [3.63, 3.8) is 0 Å². The van der Waals surface area contributed by atoms with Crippen molar-refractivity contribution in [2.45, 2.75) is 0 Å². The maximum absolute atomic E-state index is 11.6. The van der Waals surface area contributed by atoms with Gasteiger partial charge in [-0.3, -0.25) is 0 Å². The summed E-state index contributed by atoms with van der Waals surface area (Å²) in [4.78, 5) is 15.9. The fourth-order valence-corrected chi connectivity index (χ4v) is 2.58. The van der Waals surface area contributed by atoms with Crippen molar-refractivity contribution in [2.24, 2.45) is 0 Å². The summed E-state index contributed by atoms with van der Waals surface area (Å²) in [7, 11) is 4.69. The second kappa shape index (κ2) is 4.25. The van der Waals surface area contributed by atoms with Gasteiger partial charge in [0.1, 0.15) is 19.2 Å². The Morgan fingerprint density at radius 1 is 1.53 bits per heavy atom. The summed E-state index contributed by atoms with van der Waals surface area (Å²) in [6.45, 7) is 0. The van der Waals surface area contributed by atoms with Crippen molar-refractivity contribution < 1.29 is 14.3 Å². The number of nitrogens with zero attached hydrogens (tertiary/aromatic N) is 1. The van der Waals surface area contributed by atoms with Gasteiger partial charge in [-0.15, -0.1) is 0 Å². The first-order chi connectivity index (χ1) is 8.08. The van der Waals surface area contributed by atoms with Gasteiger partial charge >= 0.3 is 5.97 Å². The van der Waals surface area contributed by atoms with Gasteiger partial charge in [-0.2, -0.15) is 0 Å². The third kappa shape index (κ3) is 1.82. The Balaban J connectivity index is 2.78. The molecule has 0 aliphatic rings. The number of benzene rings is 1. The quantitative estimate of drug-likeness (QED) is 0.596. The molecule has 0 saturated heterocycles. The van der Waals surface area contributed by atoms with Gasteiger partial charge in [-0.05, 0) is 11.5 Å². The molecule has 1 aromatic carbocycles. The fraction of sp³-hybridized carbons (Fsp3) is 0.200. The Morgan fingerprint density at radius 2 is 2.24 bits per heavy atom. The van der Waals surface area contributed by atoms with Crippen molar-refractivity contribution in [3.8, 4) is 5.75 Å². The number of hydrogen-bond donors (Lipinski definition) is 1. The molecule has 1 aromatic heterocycles. The number of nitrogens with two attached hydrogens (primary N) is 1. The van der Waals surface area contributed by atoms with E-state index in [1.54, 1.807) is 6.07 Å². The van der Waals surface area contributed by atoms with Crippen molar-refractivity contribution >= 4 is 46.0 Å². The number of methoxy groups -OCH3 is 2. The highest BCUT2D eigenvalue weighted by Gasteiger charge is 2.19. The van der Waals surface area contributed by atoms with E-state index in [1.165, 1.54) is 25.6 Å². The molecular formula is C10H11BN2O3S. The summed E-state index contributed by atoms with van der Waals surface area (Å²) < 4.78 is 10.8. The highest BCUT2D eigenvalue weighted by Crippen LogP contribution is 2.28. The minimum atomic E-state index is -0.432. The summed E-state index contributed by atoms with van der Waals surface area (Å²) >= 11 is 1.33. The topological polar surface area (TPSA) is 74.4 Å². The maximum atomic E-state index is 11.6. The van der Waals surface area contributed by atoms with Crippen LogP contribution in [0.5, 0.6) is 5.75 Å². The van der Waals surface area contributed by atoms with Crippen LogP contribution in [-0.2, 0) is 4.74 Å². The van der Waals surface area contributed by atoms with Gasteiger partial charge in [0.05, 0.1) is 24.4 Å². The fourth-order valence-electron chi connectivity index (χ4n) is 1.75. The minimum Gasteiger partial charge on any atom is -0.496 e. The predicted octanol–water partition coefficient (Wildman–Crippen LogP) is -0.0679. The predicted molar refractivity (Wildman–Crippen MR) is 70.1 cm³/mol. The number of fused-ring (bicyclic) bond motifs is 1. The number of nitrogen functional groups attached to an aromatic ring is 1. The summed E-state index contributed by atoms with van der Waals surface area (Å²) in [5.41, 5.74) is 7.60. The Bertz CT molecular complexity index is 597. The number of thiazole rings is 1. The molecule has 0 bridgehead atoms. The molecule has 0 atom stereocenters. The average molecular weight is 250 g/mol. The SMILES string of the molecule is Bc1c(OC)c(C(=O)OC)cc2sc(N)nc12. The lowest BCUT2D eigenvalue weighted by Gasteiger charge is -2.10. The van der Waals surface area contributed by atoms with E-state index in [1.807, 2.05) is 7.85 Å². The van der Waals surface area contributed by atoms with Gasteiger partial charge in [0.2, 0.25) is 0 Å². The second-order valence-electron chi connectivity index (χ2n) is 3.47. The molecule has 0 aliphatic heterocycles. The first-order valence-corrected chi connectivity index (χ1v) is 5.72. The molecule has 0 fully saturated rings. The van der Waals surface area contributed by atoms with Crippen LogP contribution in [0.2, 0.25) is 0 Å². The van der Waals surface area contributed by atoms with Gasteiger partial charge in [0, 0.05) is 0 Å². The molecule has 0 unspecified atom stereocenters. The highest BCUT2D eigenvalue weighted by molar-refractivity contribution is 7.22. The molecule has 0 aliphatic carbocycles. The Hall–Kier alpha value is -1.76. The van der Waals surface area contributed by atoms with Crippen LogP contribution in [-0.4, -0.2) is 33.0 Å². The molecule has 1 heterocycles. The molecule has 2 N–H and O–H groups in total. The molecule has 7 heteroatoms. The minimum absolute atomic E-state index is 0.392. The summed E-state index contributed by atoms with van der Waals surface area (Å²) in [6, 6.07) is 1.70. The third-order valence-corrected chi connectivity index (χ3v) is 3.33. The maximum Gasteiger partial charge on any atom is 0.341 e. The Morgan fingerprint density at radius 3 is 2.82 bits per heavy atom. The van der Waals surface area contributed by atoms with Gasteiger partial charge < -0.3 is 15.2 Å². The van der Waals surface area contributed by atoms with E-state index in [4.69, 9.17) is 15.2 Å². The van der Waals surface area contributed by atoms with E-state index in [9.17, 15) is 4.79 Å². The Kier molecular flexibility index (Phi) is 2.93.